The number of likely N-dealkylation sites (tertiary alicyclic amines) is 1. The number of hydrogen-bond acceptors (Lipinski definition) is 6. The average molecular weight is 490 g/mol. The molecule has 2 N–H and O–H groups in total. The number of fused-ring (bicyclic) bond motifs is 2. The summed E-state index contributed by atoms with van der Waals surface area (Å²) in [6.45, 7) is 9.04. The number of anilines is 2. The Kier molecular flexibility index (Phi) is 6.92. The molecule has 0 radical (unpaired) electrons. The molecular formula is C29H35N3O4. The number of nitrogens with zero attached hydrogens (tertiary/aromatic N) is 2. The maximum atomic E-state index is 12.1. The van der Waals surface area contributed by atoms with Crippen LogP contribution >= 0.6 is 0 Å². The van der Waals surface area contributed by atoms with Gasteiger partial charge in [-0.05, 0) is 56.0 Å². The molecule has 1 amide bonds. The second kappa shape index (κ2) is 10.3. The van der Waals surface area contributed by atoms with Gasteiger partial charge in [-0.3, -0.25) is 9.69 Å². The van der Waals surface area contributed by atoms with Gasteiger partial charge >= 0.3 is 0 Å². The van der Waals surface area contributed by atoms with Gasteiger partial charge in [0.1, 0.15) is 24.6 Å². The Bertz CT molecular complexity index is 1180. The first kappa shape index (κ1) is 24.3. The van der Waals surface area contributed by atoms with Crippen molar-refractivity contribution in [1.82, 2.24) is 4.90 Å². The number of nitrogens with two attached hydrogens (primary N) is 1. The van der Waals surface area contributed by atoms with Crippen molar-refractivity contribution >= 4 is 23.4 Å². The number of hydrogen-bond donors (Lipinski definition) is 1. The lowest BCUT2D eigenvalue weighted by Gasteiger charge is -2.36. The van der Waals surface area contributed by atoms with Crippen LogP contribution in [0.3, 0.4) is 0 Å². The quantitative estimate of drug-likeness (QED) is 0.477. The van der Waals surface area contributed by atoms with Crippen molar-refractivity contribution in [2.45, 2.75) is 44.8 Å². The number of allylic oxidation sites excluding steroid dienone is 2. The molecular weight excluding hydrogens is 454 g/mol. The van der Waals surface area contributed by atoms with Crippen molar-refractivity contribution in [2.24, 2.45) is 0 Å². The zero-order chi connectivity index (χ0) is 25.2. The number of rotatable bonds is 6. The molecule has 0 saturated carbocycles. The van der Waals surface area contributed by atoms with Crippen molar-refractivity contribution in [3.63, 3.8) is 0 Å². The maximum absolute atomic E-state index is 12.1. The monoisotopic (exact) mass is 489 g/mol. The summed E-state index contributed by atoms with van der Waals surface area (Å²) in [6.07, 6.45) is 7.22. The van der Waals surface area contributed by atoms with Crippen LogP contribution in [0.1, 0.15) is 37.3 Å². The summed E-state index contributed by atoms with van der Waals surface area (Å²) in [5, 5.41) is 0. The molecule has 1 fully saturated rings. The zero-order valence-corrected chi connectivity index (χ0v) is 21.2. The topological polar surface area (TPSA) is 77.3 Å². The number of amides is 1. The van der Waals surface area contributed by atoms with Gasteiger partial charge in [-0.1, -0.05) is 24.3 Å². The summed E-state index contributed by atoms with van der Waals surface area (Å²) in [5.74, 6) is 2.43. The molecule has 3 aliphatic rings. The summed E-state index contributed by atoms with van der Waals surface area (Å²) in [6, 6.07) is 9.85. The molecule has 0 aromatic heterocycles. The molecule has 3 heterocycles. The van der Waals surface area contributed by atoms with E-state index in [4.69, 9.17) is 19.9 Å². The molecule has 0 bridgehead atoms. The first-order valence-electron chi connectivity index (χ1n) is 12.7. The van der Waals surface area contributed by atoms with Crippen LogP contribution in [0, 0.1) is 0 Å². The highest BCUT2D eigenvalue weighted by Gasteiger charge is 2.29. The van der Waals surface area contributed by atoms with Crippen LogP contribution in [0.5, 0.6) is 17.2 Å². The largest absolute Gasteiger partial charge is 0.490 e. The van der Waals surface area contributed by atoms with Crippen LogP contribution in [0.15, 0.2) is 48.6 Å². The van der Waals surface area contributed by atoms with E-state index in [-0.39, 0.29) is 18.1 Å². The Morgan fingerprint density at radius 2 is 2.03 bits per heavy atom. The number of nitrogen functional groups attached to an aromatic ring is 1. The summed E-state index contributed by atoms with van der Waals surface area (Å²) < 4.78 is 18.7. The highest BCUT2D eigenvalue weighted by Crippen LogP contribution is 2.40. The second-order valence-electron chi connectivity index (χ2n) is 9.99. The molecule has 2 aromatic carbocycles. The molecule has 5 rings (SSSR count). The van der Waals surface area contributed by atoms with Crippen LogP contribution in [0.4, 0.5) is 11.4 Å². The third kappa shape index (κ3) is 5.21. The van der Waals surface area contributed by atoms with Gasteiger partial charge in [-0.15, -0.1) is 0 Å². The van der Waals surface area contributed by atoms with E-state index in [1.54, 1.807) is 4.90 Å². The minimum Gasteiger partial charge on any atom is -0.490 e. The molecule has 7 heteroatoms. The van der Waals surface area contributed by atoms with Crippen molar-refractivity contribution in [1.29, 1.82) is 0 Å². The van der Waals surface area contributed by atoms with E-state index in [0.717, 1.165) is 67.2 Å². The summed E-state index contributed by atoms with van der Waals surface area (Å²) >= 11 is 0. The first-order chi connectivity index (χ1) is 17.4. The summed E-state index contributed by atoms with van der Waals surface area (Å²) in [5.41, 5.74) is 10.8. The Hall–Kier alpha value is -3.45. The molecule has 190 valence electrons. The summed E-state index contributed by atoms with van der Waals surface area (Å²) in [7, 11) is 1.84. The zero-order valence-electron chi connectivity index (χ0n) is 21.2. The predicted octanol–water partition coefficient (Wildman–Crippen LogP) is 4.45. The van der Waals surface area contributed by atoms with Gasteiger partial charge in [0.2, 0.25) is 5.91 Å². The average Bonchev–Trinajstić information content (AvgIpc) is 2.87. The van der Waals surface area contributed by atoms with Crippen LogP contribution in [0.25, 0.3) is 6.08 Å². The number of aryl methyl sites for hydroxylation is 1. The van der Waals surface area contributed by atoms with Gasteiger partial charge in [0, 0.05) is 50.4 Å². The molecule has 7 nitrogen and oxygen atoms in total. The first-order valence-corrected chi connectivity index (χ1v) is 12.7. The highest BCUT2D eigenvalue weighted by molar-refractivity contribution is 5.96. The van der Waals surface area contributed by atoms with Crippen molar-refractivity contribution in [2.75, 3.05) is 43.9 Å². The van der Waals surface area contributed by atoms with Crippen LogP contribution < -0.4 is 24.8 Å². The molecule has 0 spiro atoms. The van der Waals surface area contributed by atoms with E-state index in [1.807, 2.05) is 50.4 Å². The number of carbonyl (C=O) groups is 1. The number of piperidine rings is 1. The van der Waals surface area contributed by atoms with Crippen molar-refractivity contribution in [3.8, 4) is 17.2 Å². The van der Waals surface area contributed by atoms with E-state index in [0.29, 0.717) is 24.5 Å². The fourth-order valence-electron chi connectivity index (χ4n) is 5.08. The lowest BCUT2D eigenvalue weighted by atomic mass is 10.0. The number of ether oxygens (including phenoxy) is 3. The Morgan fingerprint density at radius 1 is 1.22 bits per heavy atom. The van der Waals surface area contributed by atoms with Gasteiger partial charge in [0.25, 0.3) is 0 Å². The summed E-state index contributed by atoms with van der Waals surface area (Å²) in [4.78, 5) is 16.2. The Balaban J connectivity index is 1.16. The fourth-order valence-corrected chi connectivity index (χ4v) is 5.08. The van der Waals surface area contributed by atoms with Gasteiger partial charge < -0.3 is 24.8 Å². The Morgan fingerprint density at radius 3 is 2.81 bits per heavy atom. The third-order valence-electron chi connectivity index (χ3n) is 7.14. The smallest absolute Gasteiger partial charge is 0.227 e. The molecule has 36 heavy (non-hydrogen) atoms. The van der Waals surface area contributed by atoms with Gasteiger partial charge in [0.05, 0.1) is 5.69 Å². The van der Waals surface area contributed by atoms with Crippen LogP contribution in [-0.4, -0.2) is 56.3 Å². The van der Waals surface area contributed by atoms with Crippen LogP contribution in [-0.2, 0) is 11.2 Å². The standard InChI is InChI=1S/C29H35N3O4/c1-19(2)4-8-24-25(30)9-10-27-29(24)36-23(18-34-27)17-32-14-12-21(13-15-32)35-22-7-5-20-6-11-28(33)31(3)26(20)16-22/h4-5,7-10,16,21,23H,1,6,11-15,17-18,30H2,2-3H3/b8-4-/t23-/m0/s1. The third-order valence-corrected chi connectivity index (χ3v) is 7.14. The number of carbonyl (C=O) groups excluding carboxylic acids is 1. The van der Waals surface area contributed by atoms with Gasteiger partial charge in [-0.25, -0.2) is 0 Å². The minimum absolute atomic E-state index is 0.0672. The lowest BCUT2D eigenvalue weighted by molar-refractivity contribution is -0.118. The van der Waals surface area contributed by atoms with E-state index in [2.05, 4.69) is 17.5 Å². The molecule has 3 aliphatic heterocycles. The molecule has 0 unspecified atom stereocenters. The van der Waals surface area contributed by atoms with Crippen molar-refractivity contribution in [3.05, 3.63) is 59.7 Å². The van der Waals surface area contributed by atoms with Gasteiger partial charge in [0.15, 0.2) is 11.5 Å². The lowest BCUT2D eigenvalue weighted by Crippen LogP contribution is -2.46. The molecule has 2 aromatic rings. The normalized spacial score (nSPS) is 20.4. The van der Waals surface area contributed by atoms with E-state index < -0.39 is 0 Å². The molecule has 1 saturated heterocycles. The predicted molar refractivity (Wildman–Crippen MR) is 143 cm³/mol. The highest BCUT2D eigenvalue weighted by atomic mass is 16.6. The second-order valence-corrected chi connectivity index (χ2v) is 9.99. The molecule has 1 atom stereocenters. The van der Waals surface area contributed by atoms with E-state index in [1.165, 1.54) is 5.56 Å². The fraction of sp³-hybridized carbons (Fsp3) is 0.414. The van der Waals surface area contributed by atoms with E-state index >= 15 is 0 Å². The number of benzene rings is 2. The van der Waals surface area contributed by atoms with Gasteiger partial charge in [-0.2, -0.15) is 0 Å². The minimum atomic E-state index is -0.0672. The van der Waals surface area contributed by atoms with E-state index in [9.17, 15) is 4.79 Å². The van der Waals surface area contributed by atoms with Crippen molar-refractivity contribution < 1.29 is 19.0 Å². The Labute approximate surface area is 213 Å². The van der Waals surface area contributed by atoms with Crippen LogP contribution in [0.2, 0.25) is 0 Å². The SMILES string of the molecule is C=C(C)/C=C\c1c(N)ccc2c1O[C@@H](CN1CCC(Oc3ccc4c(c3)N(C)C(=O)CC4)CC1)CO2. The maximum Gasteiger partial charge on any atom is 0.227 e. The molecule has 0 aliphatic carbocycles.